The summed E-state index contributed by atoms with van der Waals surface area (Å²) in [5.41, 5.74) is -0.745. The zero-order chi connectivity index (χ0) is 15.7. The summed E-state index contributed by atoms with van der Waals surface area (Å²) in [5.74, 6) is 0.483. The van der Waals surface area contributed by atoms with Crippen LogP contribution in [0.5, 0.6) is 0 Å². The fraction of sp³-hybridized carbons (Fsp3) is 0.882. The second-order valence-electron chi connectivity index (χ2n) is 7.95. The highest BCUT2D eigenvalue weighted by atomic mass is 16.6. The van der Waals surface area contributed by atoms with Gasteiger partial charge in [-0.1, -0.05) is 26.2 Å². The molecule has 0 saturated heterocycles. The Morgan fingerprint density at radius 1 is 1.14 bits per heavy atom. The van der Waals surface area contributed by atoms with Crippen molar-refractivity contribution in [3.63, 3.8) is 0 Å². The normalized spacial score (nSPS) is 23.2. The van der Waals surface area contributed by atoms with Crippen LogP contribution in [0.15, 0.2) is 0 Å². The number of rotatable bonds is 4. The van der Waals surface area contributed by atoms with E-state index in [2.05, 4.69) is 5.32 Å². The summed E-state index contributed by atoms with van der Waals surface area (Å²) in [5, 5.41) is 2.88. The monoisotopic (exact) mass is 295 g/mol. The van der Waals surface area contributed by atoms with Gasteiger partial charge < -0.3 is 10.1 Å². The van der Waals surface area contributed by atoms with Crippen molar-refractivity contribution in [2.75, 3.05) is 0 Å². The quantitative estimate of drug-likeness (QED) is 0.857. The van der Waals surface area contributed by atoms with Gasteiger partial charge in [-0.25, -0.2) is 4.79 Å². The second-order valence-corrected chi connectivity index (χ2v) is 7.95. The van der Waals surface area contributed by atoms with E-state index in [9.17, 15) is 9.59 Å². The molecular weight excluding hydrogens is 266 g/mol. The SMILES string of the molecule is CC(C)(C)OC(=O)N[C@H](C(=O)C1(C)CC1)C1CCCCC1. The van der Waals surface area contributed by atoms with Crippen LogP contribution in [-0.2, 0) is 9.53 Å². The Kier molecular flexibility index (Phi) is 4.64. The minimum Gasteiger partial charge on any atom is -0.444 e. The van der Waals surface area contributed by atoms with Gasteiger partial charge in [0.25, 0.3) is 0 Å². The highest BCUT2D eigenvalue weighted by Gasteiger charge is 2.49. The average molecular weight is 295 g/mol. The van der Waals surface area contributed by atoms with Gasteiger partial charge in [-0.2, -0.15) is 0 Å². The minimum absolute atomic E-state index is 0.209. The molecule has 1 amide bonds. The predicted octanol–water partition coefficient (Wildman–Crippen LogP) is 3.83. The first kappa shape index (κ1) is 16.3. The molecule has 0 aromatic rings. The van der Waals surface area contributed by atoms with Crippen LogP contribution in [0, 0.1) is 11.3 Å². The zero-order valence-corrected chi connectivity index (χ0v) is 13.8. The lowest BCUT2D eigenvalue weighted by atomic mass is 9.79. The maximum absolute atomic E-state index is 12.8. The first-order valence-electron chi connectivity index (χ1n) is 8.25. The van der Waals surface area contributed by atoms with Crippen molar-refractivity contribution >= 4 is 11.9 Å². The van der Waals surface area contributed by atoms with E-state index >= 15 is 0 Å². The largest absolute Gasteiger partial charge is 0.444 e. The fourth-order valence-electron chi connectivity index (χ4n) is 3.11. The number of Topliss-reactive ketones (excluding diaryl/α,β-unsaturated/α-hetero) is 1. The summed E-state index contributed by atoms with van der Waals surface area (Å²) in [6, 6.07) is -0.368. The summed E-state index contributed by atoms with van der Waals surface area (Å²) in [7, 11) is 0. The molecule has 2 rings (SSSR count). The average Bonchev–Trinajstić information content (AvgIpc) is 3.13. The lowest BCUT2D eigenvalue weighted by Crippen LogP contribution is -2.50. The van der Waals surface area contributed by atoms with Crippen molar-refractivity contribution in [3.05, 3.63) is 0 Å². The Hall–Kier alpha value is -1.06. The topological polar surface area (TPSA) is 55.4 Å². The van der Waals surface area contributed by atoms with Gasteiger partial charge >= 0.3 is 6.09 Å². The molecule has 2 aliphatic carbocycles. The Morgan fingerprint density at radius 3 is 2.19 bits per heavy atom. The van der Waals surface area contributed by atoms with Crippen molar-refractivity contribution in [2.24, 2.45) is 11.3 Å². The lowest BCUT2D eigenvalue weighted by Gasteiger charge is -2.32. The first-order chi connectivity index (χ1) is 9.71. The highest BCUT2D eigenvalue weighted by molar-refractivity contribution is 5.94. The molecule has 0 spiro atoms. The Balaban J connectivity index is 2.04. The van der Waals surface area contributed by atoms with Crippen LogP contribution in [0.3, 0.4) is 0 Å². The van der Waals surface area contributed by atoms with Crippen molar-refractivity contribution in [2.45, 2.75) is 84.3 Å². The number of ketones is 1. The van der Waals surface area contributed by atoms with Gasteiger partial charge in [-0.05, 0) is 52.4 Å². The standard InChI is InChI=1S/C17H29NO3/c1-16(2,3)21-15(20)18-13(12-8-6-5-7-9-12)14(19)17(4)10-11-17/h12-13H,5-11H2,1-4H3,(H,18,20)/t13-/m0/s1. The molecule has 0 bridgehead atoms. The van der Waals surface area contributed by atoms with Crippen LogP contribution >= 0.6 is 0 Å². The molecule has 4 nitrogen and oxygen atoms in total. The number of carbonyl (C=O) groups is 2. The third kappa shape index (κ3) is 4.45. The number of carbonyl (C=O) groups excluding carboxylic acids is 2. The van der Waals surface area contributed by atoms with Crippen LogP contribution in [0.25, 0.3) is 0 Å². The number of nitrogens with one attached hydrogen (secondary N) is 1. The number of ether oxygens (including phenoxy) is 1. The molecule has 2 aliphatic rings. The van der Waals surface area contributed by atoms with Crippen LogP contribution in [-0.4, -0.2) is 23.5 Å². The molecule has 0 unspecified atom stereocenters. The van der Waals surface area contributed by atoms with E-state index in [0.29, 0.717) is 0 Å². The first-order valence-corrected chi connectivity index (χ1v) is 8.25. The van der Waals surface area contributed by atoms with E-state index in [1.54, 1.807) is 0 Å². The Morgan fingerprint density at radius 2 is 1.71 bits per heavy atom. The van der Waals surface area contributed by atoms with Gasteiger partial charge in [0.2, 0.25) is 0 Å². The summed E-state index contributed by atoms with van der Waals surface area (Å²) in [4.78, 5) is 24.8. The van der Waals surface area contributed by atoms with Crippen molar-refractivity contribution in [1.29, 1.82) is 0 Å². The van der Waals surface area contributed by atoms with Crippen LogP contribution in [0.4, 0.5) is 4.79 Å². The molecule has 0 heterocycles. The van der Waals surface area contributed by atoms with Gasteiger partial charge in [0.05, 0.1) is 6.04 Å². The number of hydrogen-bond acceptors (Lipinski definition) is 3. The van der Waals surface area contributed by atoms with E-state index < -0.39 is 11.7 Å². The third-order valence-electron chi connectivity index (χ3n) is 4.67. The molecule has 21 heavy (non-hydrogen) atoms. The molecule has 0 aromatic carbocycles. The maximum atomic E-state index is 12.8. The van der Waals surface area contributed by atoms with Crippen molar-refractivity contribution < 1.29 is 14.3 Å². The fourth-order valence-corrected chi connectivity index (χ4v) is 3.11. The van der Waals surface area contributed by atoms with Crippen molar-refractivity contribution in [1.82, 2.24) is 5.32 Å². The van der Waals surface area contributed by atoms with E-state index in [0.717, 1.165) is 38.5 Å². The maximum Gasteiger partial charge on any atom is 0.408 e. The number of alkyl carbamates (subject to hydrolysis) is 1. The second kappa shape index (κ2) is 5.98. The van der Waals surface area contributed by atoms with Crippen LogP contribution in [0.2, 0.25) is 0 Å². The number of amides is 1. The van der Waals surface area contributed by atoms with Gasteiger partial charge in [0.1, 0.15) is 5.60 Å². The molecule has 4 heteroatoms. The third-order valence-corrected chi connectivity index (χ3v) is 4.67. The Labute approximate surface area is 128 Å². The predicted molar refractivity (Wildman–Crippen MR) is 82.1 cm³/mol. The summed E-state index contributed by atoms with van der Waals surface area (Å²) < 4.78 is 5.34. The van der Waals surface area contributed by atoms with Gasteiger partial charge in [-0.3, -0.25) is 4.79 Å². The van der Waals surface area contributed by atoms with Crippen LogP contribution in [0.1, 0.15) is 72.6 Å². The van der Waals surface area contributed by atoms with Gasteiger partial charge in [-0.15, -0.1) is 0 Å². The zero-order valence-electron chi connectivity index (χ0n) is 13.8. The van der Waals surface area contributed by atoms with E-state index in [4.69, 9.17) is 4.74 Å². The van der Waals surface area contributed by atoms with Crippen LogP contribution < -0.4 is 5.32 Å². The molecular formula is C17H29NO3. The molecule has 0 aliphatic heterocycles. The highest BCUT2D eigenvalue weighted by Crippen LogP contribution is 2.48. The molecule has 2 fully saturated rings. The van der Waals surface area contributed by atoms with E-state index in [1.807, 2.05) is 27.7 Å². The molecule has 1 atom stereocenters. The summed E-state index contributed by atoms with van der Waals surface area (Å²) in [6.45, 7) is 7.53. The molecule has 1 N–H and O–H groups in total. The smallest absolute Gasteiger partial charge is 0.408 e. The van der Waals surface area contributed by atoms with Gasteiger partial charge in [0, 0.05) is 5.41 Å². The minimum atomic E-state index is -0.534. The molecule has 2 saturated carbocycles. The summed E-state index contributed by atoms with van der Waals surface area (Å²) >= 11 is 0. The van der Waals surface area contributed by atoms with Crippen molar-refractivity contribution in [3.8, 4) is 0 Å². The Bertz CT molecular complexity index is 401. The molecule has 0 aromatic heterocycles. The van der Waals surface area contributed by atoms with Gasteiger partial charge in [0.15, 0.2) is 5.78 Å². The lowest BCUT2D eigenvalue weighted by molar-refractivity contribution is -0.127. The van der Waals surface area contributed by atoms with E-state index in [-0.39, 0.29) is 23.2 Å². The molecule has 0 radical (unpaired) electrons. The number of hydrogen-bond donors (Lipinski definition) is 1. The molecule has 120 valence electrons. The summed E-state index contributed by atoms with van der Waals surface area (Å²) in [6.07, 6.45) is 7.04. The van der Waals surface area contributed by atoms with E-state index in [1.165, 1.54) is 6.42 Å².